The summed E-state index contributed by atoms with van der Waals surface area (Å²) in [7, 11) is 0. The van der Waals surface area contributed by atoms with Crippen LogP contribution in [0.5, 0.6) is 5.75 Å². The maximum Gasteiger partial charge on any atom is 0.269 e. The summed E-state index contributed by atoms with van der Waals surface area (Å²) >= 11 is 0. The molecule has 0 aliphatic heterocycles. The van der Waals surface area contributed by atoms with Gasteiger partial charge in [-0.2, -0.15) is 0 Å². The minimum atomic E-state index is -0.395. The normalized spacial score (nSPS) is 23.7. The number of nitro benzene ring substituents is 1. The van der Waals surface area contributed by atoms with Crippen molar-refractivity contribution in [3.63, 3.8) is 0 Å². The number of non-ortho nitro benzene ring substituents is 1. The minimum absolute atomic E-state index is 0.0163. The van der Waals surface area contributed by atoms with Gasteiger partial charge in [0.1, 0.15) is 11.9 Å². The molecular formula is C14H20N2O3. The van der Waals surface area contributed by atoms with Crippen LogP contribution in [0.25, 0.3) is 0 Å². The van der Waals surface area contributed by atoms with E-state index in [0.29, 0.717) is 5.75 Å². The van der Waals surface area contributed by atoms with Gasteiger partial charge in [0.15, 0.2) is 0 Å². The average Bonchev–Trinajstić information content (AvgIpc) is 2.57. The van der Waals surface area contributed by atoms with E-state index in [9.17, 15) is 10.1 Å². The molecule has 0 spiro atoms. The van der Waals surface area contributed by atoms with Gasteiger partial charge in [-0.3, -0.25) is 10.1 Å². The molecule has 2 atom stereocenters. The lowest BCUT2D eigenvalue weighted by Crippen LogP contribution is -2.38. The number of benzene rings is 1. The summed E-state index contributed by atoms with van der Waals surface area (Å²) in [6.45, 7) is 1.82. The van der Waals surface area contributed by atoms with Crippen molar-refractivity contribution >= 4 is 5.69 Å². The molecule has 0 aromatic heterocycles. The summed E-state index contributed by atoms with van der Waals surface area (Å²) in [6, 6.07) is 4.74. The Hall–Kier alpha value is -1.62. The van der Waals surface area contributed by atoms with Gasteiger partial charge in [-0.1, -0.05) is 12.8 Å². The molecule has 0 saturated heterocycles. The first-order chi connectivity index (χ1) is 9.08. The Balaban J connectivity index is 2.11. The highest BCUT2D eigenvalue weighted by Crippen LogP contribution is 2.27. The Morgan fingerprint density at radius 2 is 2.05 bits per heavy atom. The number of nitro groups is 1. The number of nitrogens with two attached hydrogens (primary N) is 1. The Kier molecular flexibility index (Phi) is 4.37. The van der Waals surface area contributed by atoms with Crippen LogP contribution in [-0.4, -0.2) is 17.1 Å². The standard InChI is InChI=1S/C14H20N2O3/c1-10-9-11(16(17)18)7-8-13(10)19-14-6-4-2-3-5-12(14)15/h7-9,12,14H,2-6,15H2,1H3. The van der Waals surface area contributed by atoms with Gasteiger partial charge >= 0.3 is 0 Å². The predicted molar refractivity (Wildman–Crippen MR) is 73.3 cm³/mol. The smallest absolute Gasteiger partial charge is 0.269 e. The molecule has 2 unspecified atom stereocenters. The summed E-state index contributed by atoms with van der Waals surface area (Å²) in [5.41, 5.74) is 7.00. The van der Waals surface area contributed by atoms with Crippen molar-refractivity contribution in [3.05, 3.63) is 33.9 Å². The number of ether oxygens (including phenoxy) is 1. The van der Waals surface area contributed by atoms with Crippen LogP contribution in [0.4, 0.5) is 5.69 Å². The molecule has 5 nitrogen and oxygen atoms in total. The fraction of sp³-hybridized carbons (Fsp3) is 0.571. The summed E-state index contributed by atoms with van der Waals surface area (Å²) in [4.78, 5) is 10.3. The molecule has 0 bridgehead atoms. The molecule has 2 rings (SSSR count). The highest BCUT2D eigenvalue weighted by atomic mass is 16.6. The molecule has 1 fully saturated rings. The van der Waals surface area contributed by atoms with Gasteiger partial charge in [0, 0.05) is 18.2 Å². The van der Waals surface area contributed by atoms with E-state index in [1.807, 2.05) is 6.92 Å². The van der Waals surface area contributed by atoms with Crippen LogP contribution in [0.3, 0.4) is 0 Å². The first-order valence-corrected chi connectivity index (χ1v) is 6.75. The van der Waals surface area contributed by atoms with Crippen molar-refractivity contribution in [2.75, 3.05) is 0 Å². The first kappa shape index (κ1) is 13.8. The van der Waals surface area contributed by atoms with E-state index < -0.39 is 4.92 Å². The molecule has 19 heavy (non-hydrogen) atoms. The van der Waals surface area contributed by atoms with Crippen molar-refractivity contribution in [2.45, 2.75) is 51.2 Å². The van der Waals surface area contributed by atoms with E-state index >= 15 is 0 Å². The third-order valence-corrected chi connectivity index (χ3v) is 3.65. The number of nitrogens with zero attached hydrogens (tertiary/aromatic N) is 1. The first-order valence-electron chi connectivity index (χ1n) is 6.75. The van der Waals surface area contributed by atoms with E-state index in [4.69, 9.17) is 10.5 Å². The third-order valence-electron chi connectivity index (χ3n) is 3.65. The lowest BCUT2D eigenvalue weighted by molar-refractivity contribution is -0.384. The molecule has 1 saturated carbocycles. The zero-order valence-electron chi connectivity index (χ0n) is 11.2. The van der Waals surface area contributed by atoms with Crippen LogP contribution < -0.4 is 10.5 Å². The van der Waals surface area contributed by atoms with Gasteiger partial charge in [-0.05, 0) is 37.8 Å². The molecule has 1 aromatic rings. The Bertz CT molecular complexity index is 462. The molecule has 5 heteroatoms. The topological polar surface area (TPSA) is 78.4 Å². The lowest BCUT2D eigenvalue weighted by Gasteiger charge is -2.23. The van der Waals surface area contributed by atoms with E-state index in [1.165, 1.54) is 18.6 Å². The average molecular weight is 264 g/mol. The van der Waals surface area contributed by atoms with Gasteiger partial charge in [0.05, 0.1) is 4.92 Å². The van der Waals surface area contributed by atoms with Crippen LogP contribution in [-0.2, 0) is 0 Å². The number of hydrogen-bond donors (Lipinski definition) is 1. The van der Waals surface area contributed by atoms with Gasteiger partial charge in [-0.25, -0.2) is 0 Å². The van der Waals surface area contributed by atoms with Crippen molar-refractivity contribution < 1.29 is 9.66 Å². The lowest BCUT2D eigenvalue weighted by atomic mass is 10.1. The van der Waals surface area contributed by atoms with E-state index in [0.717, 1.165) is 31.2 Å². The maximum absolute atomic E-state index is 10.7. The summed E-state index contributed by atoms with van der Waals surface area (Å²) < 4.78 is 5.97. The summed E-state index contributed by atoms with van der Waals surface area (Å²) in [5.74, 6) is 0.702. The molecule has 1 aromatic carbocycles. The van der Waals surface area contributed by atoms with Crippen LogP contribution in [0, 0.1) is 17.0 Å². The Morgan fingerprint density at radius 1 is 1.32 bits per heavy atom. The number of rotatable bonds is 3. The van der Waals surface area contributed by atoms with Gasteiger partial charge in [0.25, 0.3) is 5.69 Å². The van der Waals surface area contributed by atoms with E-state index in [-0.39, 0.29) is 17.8 Å². The largest absolute Gasteiger partial charge is 0.489 e. The molecule has 1 aliphatic rings. The minimum Gasteiger partial charge on any atom is -0.489 e. The van der Waals surface area contributed by atoms with Gasteiger partial charge in [0.2, 0.25) is 0 Å². The monoisotopic (exact) mass is 264 g/mol. The zero-order valence-corrected chi connectivity index (χ0v) is 11.2. The molecule has 0 radical (unpaired) electrons. The molecule has 0 heterocycles. The maximum atomic E-state index is 10.7. The highest BCUT2D eigenvalue weighted by Gasteiger charge is 2.22. The third kappa shape index (κ3) is 3.44. The Morgan fingerprint density at radius 3 is 2.74 bits per heavy atom. The fourth-order valence-electron chi connectivity index (χ4n) is 2.49. The van der Waals surface area contributed by atoms with Crippen LogP contribution in [0.15, 0.2) is 18.2 Å². The molecule has 0 amide bonds. The predicted octanol–water partition coefficient (Wildman–Crippen LogP) is 2.94. The SMILES string of the molecule is Cc1cc([N+](=O)[O-])ccc1OC1CCCCCC1N. The van der Waals surface area contributed by atoms with Crippen molar-refractivity contribution in [3.8, 4) is 5.75 Å². The second-order valence-corrected chi connectivity index (χ2v) is 5.17. The van der Waals surface area contributed by atoms with Gasteiger partial charge in [-0.15, -0.1) is 0 Å². The highest BCUT2D eigenvalue weighted by molar-refractivity contribution is 5.43. The molecule has 1 aliphatic carbocycles. The summed E-state index contributed by atoms with van der Waals surface area (Å²) in [5, 5.41) is 10.7. The molecule has 104 valence electrons. The van der Waals surface area contributed by atoms with E-state index in [2.05, 4.69) is 0 Å². The zero-order chi connectivity index (χ0) is 13.8. The summed E-state index contributed by atoms with van der Waals surface area (Å²) in [6.07, 6.45) is 5.44. The van der Waals surface area contributed by atoms with Crippen LogP contribution >= 0.6 is 0 Å². The van der Waals surface area contributed by atoms with Crippen molar-refractivity contribution in [1.82, 2.24) is 0 Å². The van der Waals surface area contributed by atoms with E-state index in [1.54, 1.807) is 6.07 Å². The van der Waals surface area contributed by atoms with Crippen LogP contribution in [0.2, 0.25) is 0 Å². The second kappa shape index (κ2) is 6.02. The number of hydrogen-bond acceptors (Lipinski definition) is 4. The van der Waals surface area contributed by atoms with Gasteiger partial charge < -0.3 is 10.5 Å². The van der Waals surface area contributed by atoms with Crippen LogP contribution in [0.1, 0.15) is 37.7 Å². The van der Waals surface area contributed by atoms with Crippen molar-refractivity contribution in [2.24, 2.45) is 5.73 Å². The number of aryl methyl sites for hydroxylation is 1. The molecular weight excluding hydrogens is 244 g/mol. The fourth-order valence-corrected chi connectivity index (χ4v) is 2.49. The molecule has 2 N–H and O–H groups in total. The second-order valence-electron chi connectivity index (χ2n) is 5.17. The Labute approximate surface area is 112 Å². The quantitative estimate of drug-likeness (QED) is 0.517. The van der Waals surface area contributed by atoms with Crippen molar-refractivity contribution in [1.29, 1.82) is 0 Å².